The second-order valence-electron chi connectivity index (χ2n) is 4.18. The summed E-state index contributed by atoms with van der Waals surface area (Å²) in [7, 11) is 4.83. The number of rotatable bonds is 7. The fourth-order valence-corrected chi connectivity index (χ4v) is 1.90. The first-order chi connectivity index (χ1) is 8.69. The largest absolute Gasteiger partial charge is 0.496 e. The van der Waals surface area contributed by atoms with Crippen molar-refractivity contribution in [2.75, 3.05) is 27.9 Å². The van der Waals surface area contributed by atoms with Crippen molar-refractivity contribution in [2.24, 2.45) is 5.92 Å². The zero-order valence-corrected chi connectivity index (χ0v) is 11.5. The lowest BCUT2D eigenvalue weighted by Crippen LogP contribution is -2.09. The third-order valence-corrected chi connectivity index (χ3v) is 3.13. The van der Waals surface area contributed by atoms with E-state index < -0.39 is 0 Å². The Kier molecular flexibility index (Phi) is 5.78. The molecule has 0 aromatic heterocycles. The second kappa shape index (κ2) is 7.11. The normalized spacial score (nSPS) is 12.1. The third kappa shape index (κ3) is 3.29. The van der Waals surface area contributed by atoms with Gasteiger partial charge in [-0.25, -0.2) is 0 Å². The van der Waals surface area contributed by atoms with Crippen LogP contribution in [0, 0.1) is 5.92 Å². The Morgan fingerprint density at radius 3 is 2.00 bits per heavy atom. The van der Waals surface area contributed by atoms with Crippen LogP contribution in [0.5, 0.6) is 17.2 Å². The van der Waals surface area contributed by atoms with Crippen LogP contribution in [0.3, 0.4) is 0 Å². The van der Waals surface area contributed by atoms with Gasteiger partial charge in [0.1, 0.15) is 5.75 Å². The van der Waals surface area contributed by atoms with Crippen molar-refractivity contribution in [1.82, 2.24) is 0 Å². The van der Waals surface area contributed by atoms with Gasteiger partial charge in [0.2, 0.25) is 0 Å². The molecule has 1 aromatic rings. The van der Waals surface area contributed by atoms with Crippen LogP contribution in [-0.2, 0) is 6.42 Å². The molecule has 1 aromatic carbocycles. The van der Waals surface area contributed by atoms with E-state index >= 15 is 0 Å². The van der Waals surface area contributed by atoms with Crippen molar-refractivity contribution in [3.63, 3.8) is 0 Å². The number of aliphatic hydroxyl groups excluding tert-OH is 1. The lowest BCUT2D eigenvalue weighted by molar-refractivity contribution is 0.221. The Bertz CT molecular complexity index is 372. The molecule has 4 nitrogen and oxygen atoms in total. The molecule has 0 saturated heterocycles. The fourth-order valence-electron chi connectivity index (χ4n) is 1.90. The molecule has 1 unspecified atom stereocenters. The Morgan fingerprint density at radius 1 is 1.00 bits per heavy atom. The van der Waals surface area contributed by atoms with Crippen LogP contribution < -0.4 is 14.2 Å². The van der Waals surface area contributed by atoms with E-state index in [-0.39, 0.29) is 12.5 Å². The standard InChI is InChI=1S/C14H22O4/c1-5-10(9-15)6-11-7-13(17-3)14(18-4)8-12(11)16-2/h7-8,10,15H,5-6,9H2,1-4H3. The van der Waals surface area contributed by atoms with E-state index in [1.54, 1.807) is 21.3 Å². The molecule has 1 rings (SSSR count). The molecule has 0 aliphatic carbocycles. The Labute approximate surface area is 108 Å². The Balaban J connectivity index is 3.08. The van der Waals surface area contributed by atoms with Gasteiger partial charge in [-0.05, 0) is 24.0 Å². The van der Waals surface area contributed by atoms with E-state index in [1.165, 1.54) is 0 Å². The minimum atomic E-state index is 0.175. The van der Waals surface area contributed by atoms with Crippen LogP contribution in [0.2, 0.25) is 0 Å². The molecule has 18 heavy (non-hydrogen) atoms. The van der Waals surface area contributed by atoms with Crippen LogP contribution in [0.1, 0.15) is 18.9 Å². The molecule has 0 amide bonds. The fraction of sp³-hybridized carbons (Fsp3) is 0.571. The third-order valence-electron chi connectivity index (χ3n) is 3.13. The van der Waals surface area contributed by atoms with Gasteiger partial charge in [0, 0.05) is 12.7 Å². The molecule has 1 N–H and O–H groups in total. The number of aliphatic hydroxyl groups is 1. The SMILES string of the molecule is CCC(CO)Cc1cc(OC)c(OC)cc1OC. The van der Waals surface area contributed by atoms with Crippen molar-refractivity contribution < 1.29 is 19.3 Å². The van der Waals surface area contributed by atoms with Gasteiger partial charge in [0.25, 0.3) is 0 Å². The topological polar surface area (TPSA) is 47.9 Å². The maximum Gasteiger partial charge on any atom is 0.164 e. The van der Waals surface area contributed by atoms with E-state index in [9.17, 15) is 5.11 Å². The highest BCUT2D eigenvalue weighted by atomic mass is 16.5. The van der Waals surface area contributed by atoms with Gasteiger partial charge in [-0.15, -0.1) is 0 Å². The average Bonchev–Trinajstić information content (AvgIpc) is 2.43. The predicted octanol–water partition coefficient (Wildman–Crippen LogP) is 2.27. The zero-order valence-electron chi connectivity index (χ0n) is 11.5. The highest BCUT2D eigenvalue weighted by Gasteiger charge is 2.15. The molecule has 0 aliphatic rings. The van der Waals surface area contributed by atoms with Crippen LogP contribution in [0.25, 0.3) is 0 Å². The molecule has 0 bridgehead atoms. The summed E-state index contributed by atoms with van der Waals surface area (Å²) in [4.78, 5) is 0. The first kappa shape index (κ1) is 14.6. The van der Waals surface area contributed by atoms with Crippen LogP contribution in [0.15, 0.2) is 12.1 Å². The van der Waals surface area contributed by atoms with Gasteiger partial charge in [0.05, 0.1) is 21.3 Å². The van der Waals surface area contributed by atoms with Gasteiger partial charge in [0.15, 0.2) is 11.5 Å². The Hall–Kier alpha value is -1.42. The predicted molar refractivity (Wildman–Crippen MR) is 70.7 cm³/mol. The summed E-state index contributed by atoms with van der Waals surface area (Å²) in [6.07, 6.45) is 1.69. The average molecular weight is 254 g/mol. The maximum absolute atomic E-state index is 9.28. The molecule has 0 saturated carbocycles. The second-order valence-corrected chi connectivity index (χ2v) is 4.18. The van der Waals surface area contributed by atoms with Crippen molar-refractivity contribution in [1.29, 1.82) is 0 Å². The summed E-state index contributed by atoms with van der Waals surface area (Å²) in [5, 5.41) is 9.28. The quantitative estimate of drug-likeness (QED) is 0.811. The Morgan fingerprint density at radius 2 is 1.56 bits per heavy atom. The minimum absolute atomic E-state index is 0.175. The number of methoxy groups -OCH3 is 3. The van der Waals surface area contributed by atoms with E-state index in [4.69, 9.17) is 14.2 Å². The minimum Gasteiger partial charge on any atom is -0.496 e. The number of hydrogen-bond acceptors (Lipinski definition) is 4. The summed E-state index contributed by atoms with van der Waals surface area (Å²) in [6.45, 7) is 2.24. The zero-order chi connectivity index (χ0) is 13.5. The molecule has 0 fully saturated rings. The van der Waals surface area contributed by atoms with Gasteiger partial charge in [-0.1, -0.05) is 13.3 Å². The molecule has 0 spiro atoms. The summed E-state index contributed by atoms with van der Waals surface area (Å²) in [5.74, 6) is 2.33. The van der Waals surface area contributed by atoms with Gasteiger partial charge in [-0.2, -0.15) is 0 Å². The van der Waals surface area contributed by atoms with Gasteiger partial charge in [-0.3, -0.25) is 0 Å². The number of ether oxygens (including phenoxy) is 3. The van der Waals surface area contributed by atoms with Crippen LogP contribution in [-0.4, -0.2) is 33.0 Å². The van der Waals surface area contributed by atoms with E-state index in [0.717, 1.165) is 24.2 Å². The van der Waals surface area contributed by atoms with E-state index in [1.807, 2.05) is 12.1 Å². The first-order valence-electron chi connectivity index (χ1n) is 6.09. The van der Waals surface area contributed by atoms with Crippen molar-refractivity contribution in [3.8, 4) is 17.2 Å². The smallest absolute Gasteiger partial charge is 0.164 e. The molecule has 1 atom stereocenters. The molecule has 102 valence electrons. The molecule has 0 radical (unpaired) electrons. The highest BCUT2D eigenvalue weighted by Crippen LogP contribution is 2.35. The summed E-state index contributed by atoms with van der Waals surface area (Å²) >= 11 is 0. The van der Waals surface area contributed by atoms with Crippen LogP contribution >= 0.6 is 0 Å². The number of hydrogen-bond donors (Lipinski definition) is 1. The molecular formula is C14H22O4. The first-order valence-corrected chi connectivity index (χ1v) is 6.09. The monoisotopic (exact) mass is 254 g/mol. The van der Waals surface area contributed by atoms with Gasteiger partial charge < -0.3 is 19.3 Å². The van der Waals surface area contributed by atoms with Gasteiger partial charge >= 0.3 is 0 Å². The highest BCUT2D eigenvalue weighted by molar-refractivity contribution is 5.50. The lowest BCUT2D eigenvalue weighted by atomic mass is 9.96. The summed E-state index contributed by atoms with van der Waals surface area (Å²) < 4.78 is 15.9. The molecule has 0 heterocycles. The molecular weight excluding hydrogens is 232 g/mol. The summed E-state index contributed by atoms with van der Waals surface area (Å²) in [6, 6.07) is 3.73. The summed E-state index contributed by atoms with van der Waals surface area (Å²) in [5.41, 5.74) is 1.02. The van der Waals surface area contributed by atoms with E-state index in [2.05, 4.69) is 6.92 Å². The molecule has 4 heteroatoms. The van der Waals surface area contributed by atoms with Crippen molar-refractivity contribution in [2.45, 2.75) is 19.8 Å². The number of benzene rings is 1. The maximum atomic E-state index is 9.28. The van der Waals surface area contributed by atoms with Crippen molar-refractivity contribution >= 4 is 0 Å². The van der Waals surface area contributed by atoms with Crippen LogP contribution in [0.4, 0.5) is 0 Å². The molecule has 0 aliphatic heterocycles. The lowest BCUT2D eigenvalue weighted by Gasteiger charge is -2.17. The van der Waals surface area contributed by atoms with E-state index in [0.29, 0.717) is 11.5 Å². The van der Waals surface area contributed by atoms with Crippen molar-refractivity contribution in [3.05, 3.63) is 17.7 Å².